The van der Waals surface area contributed by atoms with Gasteiger partial charge in [0.1, 0.15) is 5.82 Å². The smallest absolute Gasteiger partial charge is 0.209 e. The molecule has 0 unspecified atom stereocenters. The van der Waals surface area contributed by atoms with Gasteiger partial charge in [-0.25, -0.2) is 18.1 Å². The summed E-state index contributed by atoms with van der Waals surface area (Å²) in [7, 11) is -1.54. The molecule has 1 aromatic rings. The van der Waals surface area contributed by atoms with E-state index in [0.29, 0.717) is 18.5 Å². The van der Waals surface area contributed by atoms with Crippen LogP contribution in [0.15, 0.2) is 23.3 Å². The van der Waals surface area contributed by atoms with Gasteiger partial charge in [0, 0.05) is 44.5 Å². The number of anilines is 1. The Bertz CT molecular complexity index is 744. The number of nitrogens with one attached hydrogen (secondary N) is 3. The van der Waals surface area contributed by atoms with Gasteiger partial charge in [0.15, 0.2) is 5.96 Å². The Balaban J connectivity index is 0.00000392. The summed E-state index contributed by atoms with van der Waals surface area (Å²) in [6.07, 6.45) is 5.04. The van der Waals surface area contributed by atoms with Crippen molar-refractivity contribution in [1.29, 1.82) is 0 Å². The molecule has 3 N–H and O–H groups in total. The summed E-state index contributed by atoms with van der Waals surface area (Å²) in [5.41, 5.74) is 0.560. The van der Waals surface area contributed by atoms with Crippen molar-refractivity contribution in [3.8, 4) is 0 Å². The summed E-state index contributed by atoms with van der Waals surface area (Å²) in [6, 6.07) is 4.48. The number of hydrogen-bond donors (Lipinski definition) is 3. The van der Waals surface area contributed by atoms with Crippen LogP contribution in [0.4, 0.5) is 5.82 Å². The van der Waals surface area contributed by atoms with Gasteiger partial charge in [0.25, 0.3) is 0 Å². The summed E-state index contributed by atoms with van der Waals surface area (Å²) in [5.74, 6) is 1.71. The normalized spacial score (nSPS) is 16.5. The SMILES string of the molecule is CN=C(NCC(C)(C)NS(C)(=O)=O)NC1CCN(c2ccc(C)cn2)CC1.I. The van der Waals surface area contributed by atoms with E-state index >= 15 is 0 Å². The van der Waals surface area contributed by atoms with Crippen LogP contribution in [0.5, 0.6) is 0 Å². The Morgan fingerprint density at radius 1 is 1.32 bits per heavy atom. The molecule has 0 bridgehead atoms. The van der Waals surface area contributed by atoms with Crippen LogP contribution in [0.1, 0.15) is 32.3 Å². The highest BCUT2D eigenvalue weighted by molar-refractivity contribution is 14.0. The van der Waals surface area contributed by atoms with Gasteiger partial charge >= 0.3 is 0 Å². The van der Waals surface area contributed by atoms with Crippen molar-refractivity contribution in [3.05, 3.63) is 23.9 Å². The van der Waals surface area contributed by atoms with E-state index in [0.717, 1.165) is 31.7 Å². The summed E-state index contributed by atoms with van der Waals surface area (Å²) in [5, 5.41) is 6.65. The first-order valence-corrected chi connectivity index (χ1v) is 11.1. The van der Waals surface area contributed by atoms with Crippen LogP contribution < -0.4 is 20.3 Å². The molecule has 0 amide bonds. The van der Waals surface area contributed by atoms with Crippen molar-refractivity contribution >= 4 is 45.8 Å². The Kier molecular flexibility index (Phi) is 9.41. The molecule has 1 aromatic heterocycles. The van der Waals surface area contributed by atoms with E-state index in [2.05, 4.69) is 42.4 Å². The number of aryl methyl sites for hydroxylation is 1. The summed E-state index contributed by atoms with van der Waals surface area (Å²) in [4.78, 5) is 11.1. The van der Waals surface area contributed by atoms with Crippen LogP contribution in [-0.4, -0.2) is 63.9 Å². The molecule has 0 saturated carbocycles. The average Bonchev–Trinajstić information content (AvgIpc) is 2.58. The molecule has 1 saturated heterocycles. The lowest BCUT2D eigenvalue weighted by molar-refractivity contribution is 0.433. The summed E-state index contributed by atoms with van der Waals surface area (Å²) in [6.45, 7) is 8.02. The number of rotatable bonds is 6. The molecule has 160 valence electrons. The van der Waals surface area contributed by atoms with Gasteiger partial charge in [0.05, 0.1) is 6.26 Å². The number of piperidine rings is 1. The highest BCUT2D eigenvalue weighted by Crippen LogP contribution is 2.18. The number of guanidine groups is 1. The molecule has 1 aliphatic rings. The van der Waals surface area contributed by atoms with Crippen LogP contribution >= 0.6 is 24.0 Å². The second-order valence-corrected chi connectivity index (χ2v) is 9.53. The lowest BCUT2D eigenvalue weighted by atomic mass is 10.0. The molecule has 2 rings (SSSR count). The van der Waals surface area contributed by atoms with E-state index in [4.69, 9.17) is 0 Å². The summed E-state index contributed by atoms with van der Waals surface area (Å²) < 4.78 is 25.5. The van der Waals surface area contributed by atoms with Gasteiger partial charge in [-0.15, -0.1) is 24.0 Å². The molecule has 2 heterocycles. The quantitative estimate of drug-likeness (QED) is 0.296. The zero-order valence-corrected chi connectivity index (χ0v) is 20.5. The van der Waals surface area contributed by atoms with Crippen molar-refractivity contribution in [1.82, 2.24) is 20.3 Å². The first kappa shape index (κ1) is 24.9. The summed E-state index contributed by atoms with van der Waals surface area (Å²) >= 11 is 0. The van der Waals surface area contributed by atoms with Crippen molar-refractivity contribution in [2.45, 2.75) is 45.2 Å². The van der Waals surface area contributed by atoms with Crippen molar-refractivity contribution < 1.29 is 8.42 Å². The third-order valence-corrected chi connectivity index (χ3v) is 5.36. The number of sulfonamides is 1. The molecule has 1 aliphatic heterocycles. The maximum absolute atomic E-state index is 11.4. The standard InChI is InChI=1S/C18H32N6O2S.HI/c1-14-6-7-16(20-12-14)24-10-8-15(9-11-24)22-17(19-4)21-13-18(2,3)23-27(5,25)26;/h6-7,12,15,23H,8-11,13H2,1-5H3,(H2,19,21,22);1H. The van der Waals surface area contributed by atoms with Gasteiger partial charge in [-0.05, 0) is 45.2 Å². The van der Waals surface area contributed by atoms with E-state index < -0.39 is 15.6 Å². The number of hydrogen-bond acceptors (Lipinski definition) is 5. The zero-order chi connectivity index (χ0) is 20.1. The molecule has 1 fully saturated rings. The van der Waals surface area contributed by atoms with E-state index in [-0.39, 0.29) is 24.0 Å². The average molecular weight is 524 g/mol. The maximum atomic E-state index is 11.4. The van der Waals surface area contributed by atoms with Crippen LogP contribution in [0.25, 0.3) is 0 Å². The first-order valence-electron chi connectivity index (χ1n) is 9.22. The van der Waals surface area contributed by atoms with E-state index in [1.807, 2.05) is 27.0 Å². The van der Waals surface area contributed by atoms with E-state index in [9.17, 15) is 8.42 Å². The molecular formula is C18H33IN6O2S. The Labute approximate surface area is 186 Å². The fraction of sp³-hybridized carbons (Fsp3) is 0.667. The molecule has 0 aromatic carbocycles. The zero-order valence-electron chi connectivity index (χ0n) is 17.3. The molecule has 0 atom stereocenters. The molecule has 0 spiro atoms. The monoisotopic (exact) mass is 524 g/mol. The van der Waals surface area contributed by atoms with Crippen LogP contribution in [0.2, 0.25) is 0 Å². The third kappa shape index (κ3) is 8.48. The van der Waals surface area contributed by atoms with Gasteiger partial charge in [-0.3, -0.25) is 4.99 Å². The predicted molar refractivity (Wildman–Crippen MR) is 126 cm³/mol. The predicted octanol–water partition coefficient (Wildman–Crippen LogP) is 1.47. The van der Waals surface area contributed by atoms with E-state index in [1.165, 1.54) is 11.8 Å². The number of pyridine rings is 1. The second-order valence-electron chi connectivity index (χ2n) is 7.78. The Morgan fingerprint density at radius 3 is 2.46 bits per heavy atom. The van der Waals surface area contributed by atoms with Gasteiger partial charge in [-0.1, -0.05) is 6.07 Å². The Hall–Kier alpha value is -1.14. The molecule has 28 heavy (non-hydrogen) atoms. The number of halogens is 1. The van der Waals surface area contributed by atoms with Crippen molar-refractivity contribution in [2.75, 3.05) is 37.8 Å². The number of aromatic nitrogens is 1. The molecule has 10 heteroatoms. The number of nitrogens with zero attached hydrogens (tertiary/aromatic N) is 3. The topological polar surface area (TPSA) is 98.7 Å². The van der Waals surface area contributed by atoms with Gasteiger partial charge in [0.2, 0.25) is 10.0 Å². The van der Waals surface area contributed by atoms with Gasteiger partial charge in [-0.2, -0.15) is 0 Å². The molecular weight excluding hydrogens is 491 g/mol. The second kappa shape index (κ2) is 10.6. The van der Waals surface area contributed by atoms with Crippen LogP contribution in [-0.2, 0) is 10.0 Å². The minimum atomic E-state index is -3.26. The molecule has 0 aliphatic carbocycles. The van der Waals surface area contributed by atoms with Gasteiger partial charge < -0.3 is 15.5 Å². The highest BCUT2D eigenvalue weighted by atomic mass is 127. The molecule has 0 radical (unpaired) electrons. The third-order valence-electron chi connectivity index (χ3n) is 4.44. The van der Waals surface area contributed by atoms with Crippen LogP contribution in [0, 0.1) is 6.92 Å². The minimum Gasteiger partial charge on any atom is -0.356 e. The molecule has 8 nitrogen and oxygen atoms in total. The largest absolute Gasteiger partial charge is 0.356 e. The minimum absolute atomic E-state index is 0. The van der Waals surface area contributed by atoms with Crippen molar-refractivity contribution in [3.63, 3.8) is 0 Å². The Morgan fingerprint density at radius 2 is 1.96 bits per heavy atom. The van der Waals surface area contributed by atoms with E-state index in [1.54, 1.807) is 7.05 Å². The van der Waals surface area contributed by atoms with Crippen molar-refractivity contribution in [2.24, 2.45) is 4.99 Å². The lowest BCUT2D eigenvalue weighted by Gasteiger charge is -2.34. The fourth-order valence-corrected chi connectivity index (χ4v) is 4.21. The van der Waals surface area contributed by atoms with Crippen LogP contribution in [0.3, 0.4) is 0 Å². The maximum Gasteiger partial charge on any atom is 0.209 e. The highest BCUT2D eigenvalue weighted by Gasteiger charge is 2.24. The fourth-order valence-electron chi connectivity index (χ4n) is 3.13. The first-order chi connectivity index (χ1) is 12.6. The number of aliphatic imine (C=N–C) groups is 1. The lowest BCUT2D eigenvalue weighted by Crippen LogP contribution is -2.55.